The first-order chi connectivity index (χ1) is 16.3. The van der Waals surface area contributed by atoms with Crippen molar-refractivity contribution in [1.29, 1.82) is 0 Å². The van der Waals surface area contributed by atoms with Gasteiger partial charge in [-0.2, -0.15) is 0 Å². The Labute approximate surface area is 196 Å². The second-order valence-electron chi connectivity index (χ2n) is 8.04. The molecule has 0 radical (unpaired) electrons. The fraction of sp³-hybridized carbons (Fsp3) is 0.333. The van der Waals surface area contributed by atoms with E-state index >= 15 is 0 Å². The summed E-state index contributed by atoms with van der Waals surface area (Å²) in [5, 5.41) is 8.72. The minimum absolute atomic E-state index is 0.0947. The van der Waals surface area contributed by atoms with E-state index in [1.165, 1.54) is 4.90 Å². The number of benzene rings is 2. The molecule has 0 saturated carbocycles. The van der Waals surface area contributed by atoms with Crippen LogP contribution >= 0.6 is 0 Å². The third kappa shape index (κ3) is 6.97. The highest BCUT2D eigenvalue weighted by atomic mass is 16.5. The minimum Gasteiger partial charge on any atom is -0.493 e. The van der Waals surface area contributed by atoms with Crippen LogP contribution in [-0.4, -0.2) is 29.6 Å². The van der Waals surface area contributed by atoms with Crippen LogP contribution in [0.2, 0.25) is 0 Å². The molecule has 1 amide bonds. The molecule has 0 spiro atoms. The van der Waals surface area contributed by atoms with Gasteiger partial charge in [0.1, 0.15) is 11.5 Å². The van der Waals surface area contributed by atoms with Crippen LogP contribution in [0.5, 0.6) is 5.75 Å². The van der Waals surface area contributed by atoms with Crippen molar-refractivity contribution in [2.45, 2.75) is 52.0 Å². The maximum absolute atomic E-state index is 13.4. The number of furan rings is 1. The zero-order valence-electron chi connectivity index (χ0n) is 20.1. The number of para-hydroxylation sites is 1. The van der Waals surface area contributed by atoms with E-state index in [0.717, 1.165) is 29.7 Å². The third-order valence-electron chi connectivity index (χ3n) is 5.23. The van der Waals surface area contributed by atoms with E-state index in [1.807, 2.05) is 60.7 Å². The van der Waals surface area contributed by atoms with Crippen molar-refractivity contribution in [3.8, 4) is 17.1 Å². The average Bonchev–Trinajstić information content (AvgIpc) is 3.31. The molecule has 0 aliphatic rings. The predicted molar refractivity (Wildman–Crippen MR) is 129 cm³/mol. The van der Waals surface area contributed by atoms with Gasteiger partial charge in [-0.25, -0.2) is 0 Å². The van der Waals surface area contributed by atoms with Gasteiger partial charge in [0.2, 0.25) is 5.91 Å². The van der Waals surface area contributed by atoms with E-state index in [2.05, 4.69) is 0 Å². The number of carboxylic acids is 1. The Morgan fingerprint density at radius 1 is 1.03 bits per heavy atom. The maximum Gasteiger partial charge on any atom is 0.303 e. The standard InChI is InChI=1S/C27H31NO5/c1-20(2)28(23-15-13-21(14-16-23)24-11-8-18-33-24)26(29)19-22-9-5-6-10-25(22)32-17-7-3-4-12-27(30)31/h5-6,8-11,13-16,18,20H,3-4,7,12,17,19H2,1-2H3,(H,30,31)/i20D. The molecule has 0 aliphatic heterocycles. The van der Waals surface area contributed by atoms with Gasteiger partial charge in [0.05, 0.1) is 20.7 Å². The Hall–Kier alpha value is -3.54. The second kappa shape index (κ2) is 11.9. The monoisotopic (exact) mass is 450 g/mol. The van der Waals surface area contributed by atoms with E-state index in [-0.39, 0.29) is 18.7 Å². The van der Waals surface area contributed by atoms with Gasteiger partial charge in [-0.3, -0.25) is 9.59 Å². The summed E-state index contributed by atoms with van der Waals surface area (Å²) in [7, 11) is 0. The Morgan fingerprint density at radius 2 is 1.79 bits per heavy atom. The smallest absolute Gasteiger partial charge is 0.303 e. The number of carbonyl (C=O) groups is 2. The van der Waals surface area contributed by atoms with Crippen LogP contribution in [0.1, 0.15) is 46.5 Å². The molecular formula is C27H31NO5. The molecule has 0 atom stereocenters. The molecule has 2 aromatic carbocycles. The molecule has 3 aromatic rings. The van der Waals surface area contributed by atoms with Crippen molar-refractivity contribution >= 4 is 17.6 Å². The highest BCUT2D eigenvalue weighted by Crippen LogP contribution is 2.26. The number of carboxylic acid groups (broad SMARTS) is 1. The van der Waals surface area contributed by atoms with Crippen molar-refractivity contribution in [1.82, 2.24) is 0 Å². The fourth-order valence-electron chi connectivity index (χ4n) is 3.64. The largest absolute Gasteiger partial charge is 0.493 e. The lowest BCUT2D eigenvalue weighted by atomic mass is 10.1. The Kier molecular flexibility index (Phi) is 8.17. The predicted octanol–water partition coefficient (Wildman–Crippen LogP) is 5.95. The molecule has 0 bridgehead atoms. The number of aliphatic carboxylic acids is 1. The number of rotatable bonds is 12. The summed E-state index contributed by atoms with van der Waals surface area (Å²) in [6, 6.07) is 17.3. The molecule has 33 heavy (non-hydrogen) atoms. The molecule has 3 rings (SSSR count). The van der Waals surface area contributed by atoms with Gasteiger partial charge in [0.15, 0.2) is 0 Å². The van der Waals surface area contributed by atoms with Crippen LogP contribution < -0.4 is 9.64 Å². The first kappa shape index (κ1) is 22.6. The topological polar surface area (TPSA) is 80.0 Å². The number of amides is 1. The van der Waals surface area contributed by atoms with E-state index in [9.17, 15) is 9.59 Å². The Bertz CT molecular complexity index is 1070. The lowest BCUT2D eigenvalue weighted by Gasteiger charge is -2.27. The van der Waals surface area contributed by atoms with Gasteiger partial charge in [0.25, 0.3) is 0 Å². The summed E-state index contributed by atoms with van der Waals surface area (Å²) in [5.41, 5.74) is 2.28. The molecule has 0 unspecified atom stereocenters. The molecule has 1 heterocycles. The molecule has 6 nitrogen and oxygen atoms in total. The summed E-state index contributed by atoms with van der Waals surface area (Å²) < 4.78 is 19.9. The van der Waals surface area contributed by atoms with E-state index in [1.54, 1.807) is 20.1 Å². The highest BCUT2D eigenvalue weighted by Gasteiger charge is 2.21. The number of anilines is 1. The SMILES string of the molecule is [2H]C(C)(C)N(C(=O)Cc1ccccc1OCCCCCC(=O)O)c1ccc(-c2ccco2)cc1. The van der Waals surface area contributed by atoms with Crippen LogP contribution in [0.4, 0.5) is 5.69 Å². The van der Waals surface area contributed by atoms with Gasteiger partial charge < -0.3 is 19.2 Å². The average molecular weight is 451 g/mol. The zero-order valence-corrected chi connectivity index (χ0v) is 19.1. The van der Waals surface area contributed by atoms with Gasteiger partial charge in [-0.1, -0.05) is 18.2 Å². The Balaban J connectivity index is 1.69. The lowest BCUT2D eigenvalue weighted by molar-refractivity contribution is -0.137. The summed E-state index contributed by atoms with van der Waals surface area (Å²) in [6.07, 6.45) is 3.99. The molecular weight excluding hydrogens is 418 g/mol. The highest BCUT2D eigenvalue weighted by molar-refractivity contribution is 5.95. The summed E-state index contributed by atoms with van der Waals surface area (Å²) in [6.45, 7) is 3.82. The number of hydrogen-bond donors (Lipinski definition) is 1. The first-order valence-corrected chi connectivity index (χ1v) is 11.2. The van der Waals surface area contributed by atoms with E-state index in [4.69, 9.17) is 15.6 Å². The van der Waals surface area contributed by atoms with Gasteiger partial charge in [0, 0.05) is 29.3 Å². The summed E-state index contributed by atoms with van der Waals surface area (Å²) in [5.74, 6) is 0.374. The minimum atomic E-state index is -1.16. The molecule has 6 heteroatoms. The zero-order chi connectivity index (χ0) is 24.6. The van der Waals surface area contributed by atoms with E-state index in [0.29, 0.717) is 24.5 Å². The maximum atomic E-state index is 13.4. The third-order valence-corrected chi connectivity index (χ3v) is 5.23. The summed E-state index contributed by atoms with van der Waals surface area (Å²) in [4.78, 5) is 25.5. The van der Waals surface area contributed by atoms with Crippen molar-refractivity contribution in [2.24, 2.45) is 0 Å². The van der Waals surface area contributed by atoms with Crippen LogP contribution in [-0.2, 0) is 16.0 Å². The first-order valence-electron chi connectivity index (χ1n) is 11.7. The molecule has 1 aromatic heterocycles. The van der Waals surface area contributed by atoms with Crippen LogP contribution in [0.25, 0.3) is 11.3 Å². The lowest BCUT2D eigenvalue weighted by Crippen LogP contribution is -2.38. The number of ether oxygens (including phenoxy) is 1. The van der Waals surface area contributed by atoms with Gasteiger partial charge in [-0.05, 0) is 75.6 Å². The van der Waals surface area contributed by atoms with Crippen molar-refractivity contribution in [3.05, 3.63) is 72.5 Å². The molecule has 0 saturated heterocycles. The van der Waals surface area contributed by atoms with Crippen molar-refractivity contribution < 1.29 is 25.2 Å². The van der Waals surface area contributed by atoms with Crippen molar-refractivity contribution in [3.63, 3.8) is 0 Å². The molecule has 0 fully saturated rings. The number of unbranched alkanes of at least 4 members (excludes halogenated alkanes) is 2. The van der Waals surface area contributed by atoms with Crippen LogP contribution in [0, 0.1) is 0 Å². The second-order valence-corrected chi connectivity index (χ2v) is 8.04. The number of hydrogen-bond acceptors (Lipinski definition) is 4. The van der Waals surface area contributed by atoms with Gasteiger partial charge >= 0.3 is 5.97 Å². The van der Waals surface area contributed by atoms with Crippen LogP contribution in [0.15, 0.2) is 71.3 Å². The van der Waals surface area contributed by atoms with Crippen LogP contribution in [0.3, 0.4) is 0 Å². The van der Waals surface area contributed by atoms with Gasteiger partial charge in [-0.15, -0.1) is 0 Å². The quantitative estimate of drug-likeness (QED) is 0.345. The fourth-order valence-corrected chi connectivity index (χ4v) is 3.64. The van der Waals surface area contributed by atoms with Crippen molar-refractivity contribution in [2.75, 3.05) is 11.5 Å². The molecule has 1 N–H and O–H groups in total. The normalized spacial score (nSPS) is 11.6. The number of nitrogens with zero attached hydrogens (tertiary/aromatic N) is 1. The molecule has 174 valence electrons. The summed E-state index contributed by atoms with van der Waals surface area (Å²) >= 11 is 0. The Morgan fingerprint density at radius 3 is 2.45 bits per heavy atom. The van der Waals surface area contributed by atoms with E-state index < -0.39 is 12.0 Å². The number of carbonyl (C=O) groups excluding carboxylic acids is 1. The molecule has 0 aliphatic carbocycles.